The molecule has 0 saturated heterocycles. The Balaban J connectivity index is 2.62. The number of hydrogen-bond acceptors (Lipinski definition) is 2. The van der Waals surface area contributed by atoms with Gasteiger partial charge in [-0.1, -0.05) is 23.3 Å². The maximum Gasteiger partial charge on any atom is 0.127 e. The second-order valence-corrected chi connectivity index (χ2v) is 4.64. The van der Waals surface area contributed by atoms with Gasteiger partial charge in [0.1, 0.15) is 11.5 Å². The quantitative estimate of drug-likeness (QED) is 0.808. The summed E-state index contributed by atoms with van der Waals surface area (Å²) in [7, 11) is 1.70. The van der Waals surface area contributed by atoms with Crippen molar-refractivity contribution >= 4 is 0 Å². The van der Waals surface area contributed by atoms with Crippen molar-refractivity contribution in [2.45, 2.75) is 20.8 Å². The van der Waals surface area contributed by atoms with E-state index < -0.39 is 0 Å². The first kappa shape index (κ1) is 13.5. The van der Waals surface area contributed by atoms with Gasteiger partial charge in [-0.2, -0.15) is 0 Å². The van der Waals surface area contributed by atoms with Gasteiger partial charge in [0.2, 0.25) is 0 Å². The van der Waals surface area contributed by atoms with Gasteiger partial charge in [-0.15, -0.1) is 0 Å². The molecule has 0 aromatic heterocycles. The summed E-state index contributed by atoms with van der Waals surface area (Å²) in [6, 6.07) is 12.4. The first-order valence-corrected chi connectivity index (χ1v) is 6.54. The van der Waals surface area contributed by atoms with Crippen LogP contribution in [0.3, 0.4) is 0 Å². The third-order valence-electron chi connectivity index (χ3n) is 3.08. The molecule has 0 unspecified atom stereocenters. The summed E-state index contributed by atoms with van der Waals surface area (Å²) in [5, 5.41) is 0. The highest BCUT2D eigenvalue weighted by Gasteiger charge is 2.12. The van der Waals surface area contributed by atoms with Crippen molar-refractivity contribution in [1.29, 1.82) is 0 Å². The molecule has 0 spiro atoms. The van der Waals surface area contributed by atoms with Gasteiger partial charge in [-0.25, -0.2) is 0 Å². The zero-order chi connectivity index (χ0) is 13.8. The van der Waals surface area contributed by atoms with Crippen LogP contribution in [0.15, 0.2) is 36.4 Å². The third kappa shape index (κ3) is 2.90. The predicted molar refractivity (Wildman–Crippen MR) is 79.1 cm³/mol. The molecule has 0 N–H and O–H groups in total. The molecule has 0 aliphatic carbocycles. The number of methoxy groups -OCH3 is 1. The van der Waals surface area contributed by atoms with E-state index in [0.717, 1.165) is 22.6 Å². The summed E-state index contributed by atoms with van der Waals surface area (Å²) in [5.74, 6) is 1.77. The van der Waals surface area contributed by atoms with Crippen molar-refractivity contribution in [3.63, 3.8) is 0 Å². The van der Waals surface area contributed by atoms with Gasteiger partial charge in [0.05, 0.1) is 13.7 Å². The molecule has 19 heavy (non-hydrogen) atoms. The molecule has 0 saturated carbocycles. The lowest BCUT2D eigenvalue weighted by atomic mass is 9.99. The van der Waals surface area contributed by atoms with Crippen molar-refractivity contribution in [3.05, 3.63) is 47.5 Å². The number of ether oxygens (including phenoxy) is 2. The smallest absolute Gasteiger partial charge is 0.127 e. The van der Waals surface area contributed by atoms with E-state index >= 15 is 0 Å². The molecule has 0 heterocycles. The van der Waals surface area contributed by atoms with Crippen molar-refractivity contribution in [2.24, 2.45) is 0 Å². The maximum absolute atomic E-state index is 5.73. The van der Waals surface area contributed by atoms with Crippen LogP contribution in [-0.2, 0) is 0 Å². The maximum atomic E-state index is 5.73. The second kappa shape index (κ2) is 5.79. The van der Waals surface area contributed by atoms with E-state index in [1.54, 1.807) is 7.11 Å². The number of benzene rings is 2. The van der Waals surface area contributed by atoms with Gasteiger partial charge < -0.3 is 9.47 Å². The molecule has 100 valence electrons. The van der Waals surface area contributed by atoms with E-state index in [9.17, 15) is 0 Å². The molecule has 2 nitrogen and oxygen atoms in total. The number of aryl methyl sites for hydroxylation is 2. The molecule has 0 bridgehead atoms. The summed E-state index contributed by atoms with van der Waals surface area (Å²) in [6.07, 6.45) is 0. The average Bonchev–Trinajstić information content (AvgIpc) is 2.41. The van der Waals surface area contributed by atoms with Crippen LogP contribution in [0.4, 0.5) is 0 Å². The Morgan fingerprint density at radius 1 is 0.842 bits per heavy atom. The van der Waals surface area contributed by atoms with Gasteiger partial charge >= 0.3 is 0 Å². The van der Waals surface area contributed by atoms with Crippen LogP contribution < -0.4 is 9.47 Å². The van der Waals surface area contributed by atoms with Gasteiger partial charge in [0, 0.05) is 11.1 Å². The molecule has 0 amide bonds. The van der Waals surface area contributed by atoms with E-state index in [1.807, 2.05) is 19.1 Å². The molecular formula is C17H20O2. The Kier molecular flexibility index (Phi) is 4.10. The summed E-state index contributed by atoms with van der Waals surface area (Å²) < 4.78 is 11.2. The molecule has 2 aromatic carbocycles. The Hall–Kier alpha value is -1.96. The van der Waals surface area contributed by atoms with Crippen LogP contribution in [0.2, 0.25) is 0 Å². The molecule has 0 radical (unpaired) electrons. The minimum Gasteiger partial charge on any atom is -0.496 e. The molecule has 2 rings (SSSR count). The SMILES string of the molecule is CCOc1ccc(C)cc1-c1cc(C)ccc1OC. The normalized spacial score (nSPS) is 10.3. The minimum atomic E-state index is 0.657. The highest BCUT2D eigenvalue weighted by atomic mass is 16.5. The summed E-state index contributed by atoms with van der Waals surface area (Å²) in [5.41, 5.74) is 4.58. The van der Waals surface area contributed by atoms with E-state index in [0.29, 0.717) is 6.61 Å². The lowest BCUT2D eigenvalue weighted by molar-refractivity contribution is 0.341. The lowest BCUT2D eigenvalue weighted by Gasteiger charge is -2.15. The van der Waals surface area contributed by atoms with Crippen molar-refractivity contribution < 1.29 is 9.47 Å². The van der Waals surface area contributed by atoms with Crippen LogP contribution >= 0.6 is 0 Å². The fourth-order valence-corrected chi connectivity index (χ4v) is 2.17. The van der Waals surface area contributed by atoms with Crippen LogP contribution in [0, 0.1) is 13.8 Å². The molecule has 2 aromatic rings. The van der Waals surface area contributed by atoms with Crippen molar-refractivity contribution in [2.75, 3.05) is 13.7 Å². The van der Waals surface area contributed by atoms with Gasteiger partial charge in [0.15, 0.2) is 0 Å². The molecule has 0 fully saturated rings. The third-order valence-corrected chi connectivity index (χ3v) is 3.08. The number of hydrogen-bond donors (Lipinski definition) is 0. The van der Waals surface area contributed by atoms with E-state index in [4.69, 9.17) is 9.47 Å². The number of rotatable bonds is 4. The largest absolute Gasteiger partial charge is 0.496 e. The molecule has 0 aliphatic rings. The summed E-state index contributed by atoms with van der Waals surface area (Å²) in [4.78, 5) is 0. The Morgan fingerprint density at radius 2 is 1.37 bits per heavy atom. The molecular weight excluding hydrogens is 236 g/mol. The van der Waals surface area contributed by atoms with Gasteiger partial charge in [0.25, 0.3) is 0 Å². The predicted octanol–water partition coefficient (Wildman–Crippen LogP) is 4.38. The lowest BCUT2D eigenvalue weighted by Crippen LogP contribution is -1.96. The first-order valence-electron chi connectivity index (χ1n) is 6.54. The molecule has 0 aliphatic heterocycles. The van der Waals surface area contributed by atoms with Gasteiger partial charge in [-0.3, -0.25) is 0 Å². The zero-order valence-corrected chi connectivity index (χ0v) is 12.0. The second-order valence-electron chi connectivity index (χ2n) is 4.64. The Morgan fingerprint density at radius 3 is 1.89 bits per heavy atom. The molecule has 0 atom stereocenters. The van der Waals surface area contributed by atoms with Crippen molar-refractivity contribution in [3.8, 4) is 22.6 Å². The van der Waals surface area contributed by atoms with Crippen LogP contribution in [0.1, 0.15) is 18.1 Å². The standard InChI is InChI=1S/C17H20O2/c1-5-19-17-9-7-13(3)11-15(17)14-10-12(2)6-8-16(14)18-4/h6-11H,5H2,1-4H3. The van der Waals surface area contributed by atoms with E-state index in [1.165, 1.54) is 11.1 Å². The zero-order valence-electron chi connectivity index (χ0n) is 12.0. The van der Waals surface area contributed by atoms with Crippen LogP contribution in [0.25, 0.3) is 11.1 Å². The summed E-state index contributed by atoms with van der Waals surface area (Å²) in [6.45, 7) is 6.82. The highest BCUT2D eigenvalue weighted by Crippen LogP contribution is 2.37. The molecule has 2 heteroatoms. The van der Waals surface area contributed by atoms with E-state index in [2.05, 4.69) is 38.1 Å². The topological polar surface area (TPSA) is 18.5 Å². The van der Waals surface area contributed by atoms with Gasteiger partial charge in [-0.05, 0) is 45.0 Å². The first-order chi connectivity index (χ1) is 9.15. The van der Waals surface area contributed by atoms with Crippen molar-refractivity contribution in [1.82, 2.24) is 0 Å². The minimum absolute atomic E-state index is 0.657. The van der Waals surface area contributed by atoms with Crippen LogP contribution in [-0.4, -0.2) is 13.7 Å². The highest BCUT2D eigenvalue weighted by molar-refractivity contribution is 5.77. The Bertz CT molecular complexity index is 573. The fourth-order valence-electron chi connectivity index (χ4n) is 2.17. The van der Waals surface area contributed by atoms with E-state index in [-0.39, 0.29) is 0 Å². The fraction of sp³-hybridized carbons (Fsp3) is 0.294. The monoisotopic (exact) mass is 256 g/mol. The average molecular weight is 256 g/mol. The summed E-state index contributed by atoms with van der Waals surface area (Å²) >= 11 is 0. The van der Waals surface area contributed by atoms with Crippen LogP contribution in [0.5, 0.6) is 11.5 Å². The Labute approximate surface area is 115 Å².